The molecule has 1 N–H and O–H groups in total. The van der Waals surface area contributed by atoms with E-state index in [1.165, 1.54) is 10.0 Å². The minimum absolute atomic E-state index is 0.270. The van der Waals surface area contributed by atoms with E-state index in [9.17, 15) is 0 Å². The van der Waals surface area contributed by atoms with Gasteiger partial charge in [-0.25, -0.2) is 0 Å². The Bertz CT molecular complexity index is 437. The van der Waals surface area contributed by atoms with Crippen molar-refractivity contribution in [3.8, 4) is 5.75 Å². The molecule has 0 aromatic heterocycles. The highest BCUT2D eigenvalue weighted by molar-refractivity contribution is 9.10. The average Bonchev–Trinajstić information content (AvgIpc) is 2.38. The fourth-order valence-electron chi connectivity index (χ4n) is 2.33. The molecule has 0 heterocycles. The standard InChI is InChI=1S/C18H30BrNO/c1-13(2)11-20-12-15(18(3,4)5)9-14-10-16(21-6)7-8-17(14)19/h7-8,10,13,15,20H,9,11-12H2,1-6H3. The summed E-state index contributed by atoms with van der Waals surface area (Å²) in [5.41, 5.74) is 1.59. The molecular weight excluding hydrogens is 326 g/mol. The van der Waals surface area contributed by atoms with E-state index in [-0.39, 0.29) is 5.41 Å². The van der Waals surface area contributed by atoms with Crippen LogP contribution in [0.2, 0.25) is 0 Å². The summed E-state index contributed by atoms with van der Waals surface area (Å²) >= 11 is 3.67. The highest BCUT2D eigenvalue weighted by Crippen LogP contribution is 2.32. The molecule has 1 aromatic rings. The molecule has 0 aliphatic carbocycles. The van der Waals surface area contributed by atoms with Crippen molar-refractivity contribution in [1.29, 1.82) is 0 Å². The predicted octanol–water partition coefficient (Wildman–Crippen LogP) is 4.91. The maximum atomic E-state index is 5.35. The first-order chi connectivity index (χ1) is 9.74. The molecule has 1 atom stereocenters. The Kier molecular flexibility index (Phi) is 7.22. The normalized spacial score (nSPS) is 13.5. The zero-order valence-corrected chi connectivity index (χ0v) is 15.9. The van der Waals surface area contributed by atoms with Crippen molar-refractivity contribution in [1.82, 2.24) is 5.32 Å². The molecule has 0 fully saturated rings. The lowest BCUT2D eigenvalue weighted by Crippen LogP contribution is -2.35. The molecule has 1 aromatic carbocycles. The first-order valence-corrected chi connectivity index (χ1v) is 8.56. The van der Waals surface area contributed by atoms with Crippen molar-refractivity contribution in [3.05, 3.63) is 28.2 Å². The molecule has 3 heteroatoms. The van der Waals surface area contributed by atoms with E-state index >= 15 is 0 Å². The topological polar surface area (TPSA) is 21.3 Å². The molecule has 0 spiro atoms. The summed E-state index contributed by atoms with van der Waals surface area (Å²) in [5, 5.41) is 3.61. The van der Waals surface area contributed by atoms with Gasteiger partial charge in [-0.2, -0.15) is 0 Å². The van der Waals surface area contributed by atoms with Crippen LogP contribution < -0.4 is 10.1 Å². The van der Waals surface area contributed by atoms with Crippen LogP contribution in [0.4, 0.5) is 0 Å². The third-order valence-electron chi connectivity index (χ3n) is 3.89. The summed E-state index contributed by atoms with van der Waals surface area (Å²) in [6.07, 6.45) is 1.05. The van der Waals surface area contributed by atoms with Crippen molar-refractivity contribution in [2.45, 2.75) is 41.0 Å². The van der Waals surface area contributed by atoms with Gasteiger partial charge in [0.15, 0.2) is 0 Å². The number of nitrogens with one attached hydrogen (secondary N) is 1. The Morgan fingerprint density at radius 1 is 1.19 bits per heavy atom. The first kappa shape index (κ1) is 18.5. The summed E-state index contributed by atoms with van der Waals surface area (Å²) < 4.78 is 6.52. The smallest absolute Gasteiger partial charge is 0.119 e. The Hall–Kier alpha value is -0.540. The second-order valence-corrected chi connectivity index (χ2v) is 8.13. The molecule has 0 saturated carbocycles. The van der Waals surface area contributed by atoms with E-state index in [0.29, 0.717) is 11.8 Å². The fraction of sp³-hybridized carbons (Fsp3) is 0.667. The van der Waals surface area contributed by atoms with Gasteiger partial charge in [-0.15, -0.1) is 0 Å². The van der Waals surface area contributed by atoms with Crippen molar-refractivity contribution >= 4 is 15.9 Å². The van der Waals surface area contributed by atoms with Gasteiger partial charge in [0.25, 0.3) is 0 Å². The zero-order valence-electron chi connectivity index (χ0n) is 14.3. The van der Waals surface area contributed by atoms with Crippen LogP contribution in [-0.4, -0.2) is 20.2 Å². The van der Waals surface area contributed by atoms with Gasteiger partial charge in [0, 0.05) is 4.47 Å². The monoisotopic (exact) mass is 355 g/mol. The van der Waals surface area contributed by atoms with E-state index in [2.05, 4.69) is 68.0 Å². The summed E-state index contributed by atoms with van der Waals surface area (Å²) in [5.74, 6) is 2.20. The van der Waals surface area contributed by atoms with Gasteiger partial charge >= 0.3 is 0 Å². The summed E-state index contributed by atoms with van der Waals surface area (Å²) in [6, 6.07) is 6.22. The molecule has 0 radical (unpaired) electrons. The van der Waals surface area contributed by atoms with Crippen molar-refractivity contribution < 1.29 is 4.74 Å². The molecule has 1 rings (SSSR count). The van der Waals surface area contributed by atoms with Crippen LogP contribution >= 0.6 is 15.9 Å². The Balaban J connectivity index is 2.81. The first-order valence-electron chi connectivity index (χ1n) is 7.77. The molecule has 21 heavy (non-hydrogen) atoms. The molecule has 0 saturated heterocycles. The van der Waals surface area contributed by atoms with Crippen LogP contribution in [0.3, 0.4) is 0 Å². The van der Waals surface area contributed by atoms with Gasteiger partial charge in [0.2, 0.25) is 0 Å². The van der Waals surface area contributed by atoms with Gasteiger partial charge in [-0.3, -0.25) is 0 Å². The minimum atomic E-state index is 0.270. The minimum Gasteiger partial charge on any atom is -0.497 e. The molecule has 0 aliphatic heterocycles. The number of hydrogen-bond donors (Lipinski definition) is 1. The Morgan fingerprint density at radius 3 is 2.38 bits per heavy atom. The molecule has 0 aliphatic rings. The lowest BCUT2D eigenvalue weighted by atomic mass is 9.77. The van der Waals surface area contributed by atoms with Crippen LogP contribution in [0.15, 0.2) is 22.7 Å². The second-order valence-electron chi connectivity index (χ2n) is 7.28. The zero-order chi connectivity index (χ0) is 16.0. The molecule has 120 valence electrons. The molecular formula is C18H30BrNO. The van der Waals surface area contributed by atoms with E-state index in [4.69, 9.17) is 4.74 Å². The van der Waals surface area contributed by atoms with Crippen LogP contribution in [0, 0.1) is 17.3 Å². The third kappa shape index (κ3) is 6.39. The number of rotatable bonds is 7. The van der Waals surface area contributed by atoms with Gasteiger partial charge in [0.1, 0.15) is 5.75 Å². The van der Waals surface area contributed by atoms with Gasteiger partial charge in [0.05, 0.1) is 7.11 Å². The number of benzene rings is 1. The van der Waals surface area contributed by atoms with Crippen LogP contribution in [-0.2, 0) is 6.42 Å². The van der Waals surface area contributed by atoms with Crippen molar-refractivity contribution in [2.75, 3.05) is 20.2 Å². The quantitative estimate of drug-likeness (QED) is 0.750. The van der Waals surface area contributed by atoms with E-state index in [1.54, 1.807) is 7.11 Å². The van der Waals surface area contributed by atoms with Gasteiger partial charge in [-0.05, 0) is 60.5 Å². The van der Waals surface area contributed by atoms with Crippen LogP contribution in [0.25, 0.3) is 0 Å². The largest absolute Gasteiger partial charge is 0.497 e. The van der Waals surface area contributed by atoms with E-state index < -0.39 is 0 Å². The molecule has 1 unspecified atom stereocenters. The maximum Gasteiger partial charge on any atom is 0.119 e. The SMILES string of the molecule is COc1ccc(Br)c(CC(CNCC(C)C)C(C)(C)C)c1. The highest BCUT2D eigenvalue weighted by Gasteiger charge is 2.25. The summed E-state index contributed by atoms with van der Waals surface area (Å²) in [7, 11) is 1.72. The average molecular weight is 356 g/mol. The van der Waals surface area contributed by atoms with Crippen LogP contribution in [0.1, 0.15) is 40.2 Å². The lowest BCUT2D eigenvalue weighted by molar-refractivity contribution is 0.228. The summed E-state index contributed by atoms with van der Waals surface area (Å²) in [6.45, 7) is 13.6. The maximum absolute atomic E-state index is 5.35. The summed E-state index contributed by atoms with van der Waals surface area (Å²) in [4.78, 5) is 0. The lowest BCUT2D eigenvalue weighted by Gasteiger charge is -2.32. The number of methoxy groups -OCH3 is 1. The predicted molar refractivity (Wildman–Crippen MR) is 95.1 cm³/mol. The van der Waals surface area contributed by atoms with Crippen LogP contribution in [0.5, 0.6) is 5.75 Å². The number of halogens is 1. The number of hydrogen-bond acceptors (Lipinski definition) is 2. The Morgan fingerprint density at radius 2 is 1.86 bits per heavy atom. The Labute approximate surface area is 138 Å². The van der Waals surface area contributed by atoms with E-state index in [1.807, 2.05) is 6.07 Å². The van der Waals surface area contributed by atoms with Crippen molar-refractivity contribution in [2.24, 2.45) is 17.3 Å². The van der Waals surface area contributed by atoms with Gasteiger partial charge < -0.3 is 10.1 Å². The number of ether oxygens (including phenoxy) is 1. The highest BCUT2D eigenvalue weighted by atomic mass is 79.9. The van der Waals surface area contributed by atoms with E-state index in [0.717, 1.165) is 25.3 Å². The molecule has 2 nitrogen and oxygen atoms in total. The van der Waals surface area contributed by atoms with Gasteiger partial charge in [-0.1, -0.05) is 50.5 Å². The molecule has 0 amide bonds. The second kappa shape index (κ2) is 8.19. The third-order valence-corrected chi connectivity index (χ3v) is 4.66. The van der Waals surface area contributed by atoms with Crippen molar-refractivity contribution in [3.63, 3.8) is 0 Å². The molecule has 0 bridgehead atoms. The fourth-order valence-corrected chi connectivity index (χ4v) is 2.74.